The zero-order chi connectivity index (χ0) is 19.6. The molecule has 1 atom stereocenters. The number of nitrogen functional groups attached to an aromatic ring is 1. The number of rotatable bonds is 5. The molecule has 0 bridgehead atoms. The van der Waals surface area contributed by atoms with E-state index in [1.165, 1.54) is 4.90 Å². The molecule has 1 aliphatic rings. The normalized spacial score (nSPS) is 15.9. The molecule has 0 saturated heterocycles. The molecule has 0 saturated carbocycles. The summed E-state index contributed by atoms with van der Waals surface area (Å²) < 4.78 is 10.9. The predicted molar refractivity (Wildman–Crippen MR) is 102 cm³/mol. The number of nitrogens with zero attached hydrogens (tertiary/aromatic N) is 2. The van der Waals surface area contributed by atoms with Crippen LogP contribution in [0.1, 0.15) is 13.8 Å². The number of nitrogens with two attached hydrogens (primary N) is 1. The lowest BCUT2D eigenvalue weighted by Crippen LogP contribution is -2.51. The third kappa shape index (κ3) is 3.94. The quantitative estimate of drug-likeness (QED) is 0.834. The van der Waals surface area contributed by atoms with Crippen LogP contribution in [0.3, 0.4) is 0 Å². The second-order valence-corrected chi connectivity index (χ2v) is 6.54. The molecule has 0 radical (unpaired) electrons. The van der Waals surface area contributed by atoms with E-state index in [1.54, 1.807) is 43.5 Å². The third-order valence-electron chi connectivity index (χ3n) is 4.16. The van der Waals surface area contributed by atoms with Crippen LogP contribution in [0, 0.1) is 5.92 Å². The molecule has 0 aliphatic carbocycles. The maximum atomic E-state index is 12.8. The van der Waals surface area contributed by atoms with Crippen molar-refractivity contribution in [2.75, 3.05) is 29.6 Å². The zero-order valence-electron chi connectivity index (χ0n) is 15.4. The predicted octanol–water partition coefficient (Wildman–Crippen LogP) is 2.06. The number of hydrogen-bond donors (Lipinski definition) is 2. The molecule has 3 rings (SSSR count). The molecule has 0 fully saturated rings. The molecular weight excluding hydrogens is 348 g/mol. The van der Waals surface area contributed by atoms with Crippen molar-refractivity contribution in [3.05, 3.63) is 36.4 Å². The van der Waals surface area contributed by atoms with Crippen molar-refractivity contribution in [2.24, 2.45) is 5.92 Å². The van der Waals surface area contributed by atoms with Crippen LogP contribution < -0.4 is 25.4 Å². The lowest BCUT2D eigenvalue weighted by molar-refractivity contribution is -0.129. The standard InChI is InChI=1S/C19H22N4O4/c1-11(2)17-19(25)23(18-14(27-17)8-9-15(20)22-18)10-16(24)21-12-4-6-13(26-3)7-5-12/h4-9,11,17H,10H2,1-3H3,(H2,20,22)(H,21,24). The van der Waals surface area contributed by atoms with Crippen LogP contribution in [0.25, 0.3) is 0 Å². The number of carbonyl (C=O) groups is 2. The smallest absolute Gasteiger partial charge is 0.270 e. The highest BCUT2D eigenvalue weighted by Gasteiger charge is 2.38. The average Bonchev–Trinajstić information content (AvgIpc) is 2.64. The minimum absolute atomic E-state index is 0.0599. The largest absolute Gasteiger partial charge is 0.497 e. The van der Waals surface area contributed by atoms with E-state index >= 15 is 0 Å². The minimum Gasteiger partial charge on any atom is -0.497 e. The Bertz CT molecular complexity index is 851. The molecule has 27 heavy (non-hydrogen) atoms. The summed E-state index contributed by atoms with van der Waals surface area (Å²) in [4.78, 5) is 30.9. The number of pyridine rings is 1. The summed E-state index contributed by atoms with van der Waals surface area (Å²) in [6, 6.07) is 10.2. The van der Waals surface area contributed by atoms with E-state index in [4.69, 9.17) is 15.2 Å². The molecule has 3 N–H and O–H groups in total. The Kier molecular flexibility index (Phi) is 5.16. The molecule has 0 spiro atoms. The van der Waals surface area contributed by atoms with E-state index in [-0.39, 0.29) is 35.9 Å². The second kappa shape index (κ2) is 7.53. The van der Waals surface area contributed by atoms with Gasteiger partial charge in [-0.3, -0.25) is 14.5 Å². The van der Waals surface area contributed by atoms with Crippen molar-refractivity contribution in [1.82, 2.24) is 4.98 Å². The van der Waals surface area contributed by atoms with Gasteiger partial charge in [-0.25, -0.2) is 4.98 Å². The van der Waals surface area contributed by atoms with E-state index in [0.29, 0.717) is 17.2 Å². The number of carbonyl (C=O) groups excluding carboxylic acids is 2. The van der Waals surface area contributed by atoms with Crippen LogP contribution in [0.5, 0.6) is 11.5 Å². The van der Waals surface area contributed by atoms with Crippen LogP contribution in [0.15, 0.2) is 36.4 Å². The Morgan fingerprint density at radius 3 is 2.63 bits per heavy atom. The fourth-order valence-electron chi connectivity index (χ4n) is 2.77. The number of amides is 2. The van der Waals surface area contributed by atoms with Crippen LogP contribution in [0.2, 0.25) is 0 Å². The number of methoxy groups -OCH3 is 1. The Labute approximate surface area is 157 Å². The summed E-state index contributed by atoms with van der Waals surface area (Å²) in [5, 5.41) is 2.76. The molecule has 2 amide bonds. The van der Waals surface area contributed by atoms with Gasteiger partial charge in [0.25, 0.3) is 5.91 Å². The van der Waals surface area contributed by atoms with Crippen molar-refractivity contribution in [3.8, 4) is 11.5 Å². The molecular formula is C19H22N4O4. The maximum absolute atomic E-state index is 12.8. The highest BCUT2D eigenvalue weighted by atomic mass is 16.5. The van der Waals surface area contributed by atoms with Crippen LogP contribution in [0.4, 0.5) is 17.3 Å². The lowest BCUT2D eigenvalue weighted by Gasteiger charge is -2.34. The van der Waals surface area contributed by atoms with Crippen LogP contribution in [-0.2, 0) is 9.59 Å². The average molecular weight is 370 g/mol. The number of aromatic nitrogens is 1. The van der Waals surface area contributed by atoms with E-state index in [2.05, 4.69) is 10.3 Å². The Morgan fingerprint density at radius 1 is 1.30 bits per heavy atom. The van der Waals surface area contributed by atoms with Gasteiger partial charge in [0.05, 0.1) is 7.11 Å². The molecule has 1 aromatic carbocycles. The van der Waals surface area contributed by atoms with Crippen molar-refractivity contribution >= 4 is 29.1 Å². The van der Waals surface area contributed by atoms with E-state index in [1.807, 2.05) is 13.8 Å². The first-order valence-electron chi connectivity index (χ1n) is 8.57. The first-order valence-corrected chi connectivity index (χ1v) is 8.57. The summed E-state index contributed by atoms with van der Waals surface area (Å²) in [6.45, 7) is 3.57. The van der Waals surface area contributed by atoms with Gasteiger partial charge in [-0.2, -0.15) is 0 Å². The van der Waals surface area contributed by atoms with Gasteiger partial charge < -0.3 is 20.5 Å². The maximum Gasteiger partial charge on any atom is 0.270 e. The van der Waals surface area contributed by atoms with E-state index in [9.17, 15) is 9.59 Å². The minimum atomic E-state index is -0.684. The molecule has 8 nitrogen and oxygen atoms in total. The number of hydrogen-bond acceptors (Lipinski definition) is 6. The van der Waals surface area contributed by atoms with Gasteiger partial charge in [0, 0.05) is 5.69 Å². The van der Waals surface area contributed by atoms with Gasteiger partial charge in [0.2, 0.25) is 5.91 Å². The molecule has 2 aromatic rings. The monoisotopic (exact) mass is 370 g/mol. The van der Waals surface area contributed by atoms with Gasteiger partial charge in [-0.05, 0) is 42.3 Å². The molecule has 8 heteroatoms. The van der Waals surface area contributed by atoms with Gasteiger partial charge in [-0.1, -0.05) is 13.8 Å². The summed E-state index contributed by atoms with van der Waals surface area (Å²) >= 11 is 0. The van der Waals surface area contributed by atoms with Crippen molar-refractivity contribution in [1.29, 1.82) is 0 Å². The number of anilines is 3. The number of nitrogens with one attached hydrogen (secondary N) is 1. The summed E-state index contributed by atoms with van der Waals surface area (Å²) in [5.41, 5.74) is 6.35. The van der Waals surface area contributed by atoms with Gasteiger partial charge in [-0.15, -0.1) is 0 Å². The van der Waals surface area contributed by atoms with Crippen molar-refractivity contribution in [2.45, 2.75) is 20.0 Å². The van der Waals surface area contributed by atoms with E-state index in [0.717, 1.165) is 0 Å². The fourth-order valence-corrected chi connectivity index (χ4v) is 2.77. The van der Waals surface area contributed by atoms with Crippen LogP contribution in [-0.4, -0.2) is 36.6 Å². The summed E-state index contributed by atoms with van der Waals surface area (Å²) in [5.74, 6) is 0.879. The number of ether oxygens (including phenoxy) is 2. The van der Waals surface area contributed by atoms with E-state index < -0.39 is 6.10 Å². The molecule has 1 unspecified atom stereocenters. The highest BCUT2D eigenvalue weighted by Crippen LogP contribution is 2.34. The molecule has 1 aliphatic heterocycles. The highest BCUT2D eigenvalue weighted by molar-refractivity contribution is 6.05. The zero-order valence-corrected chi connectivity index (χ0v) is 15.4. The number of fused-ring (bicyclic) bond motifs is 1. The van der Waals surface area contributed by atoms with Crippen molar-refractivity contribution in [3.63, 3.8) is 0 Å². The lowest BCUT2D eigenvalue weighted by atomic mass is 10.0. The Balaban J connectivity index is 1.81. The topological polar surface area (TPSA) is 107 Å². The van der Waals surface area contributed by atoms with Gasteiger partial charge in [0.1, 0.15) is 18.1 Å². The molecule has 142 valence electrons. The summed E-state index contributed by atoms with van der Waals surface area (Å²) in [7, 11) is 1.57. The Hall–Kier alpha value is -3.29. The number of benzene rings is 1. The third-order valence-corrected chi connectivity index (χ3v) is 4.16. The van der Waals surface area contributed by atoms with Gasteiger partial charge >= 0.3 is 0 Å². The molecule has 1 aromatic heterocycles. The second-order valence-electron chi connectivity index (χ2n) is 6.54. The first kappa shape index (κ1) is 18.5. The SMILES string of the molecule is COc1ccc(NC(=O)CN2C(=O)C(C(C)C)Oc3ccc(N)nc32)cc1. The van der Waals surface area contributed by atoms with Gasteiger partial charge in [0.15, 0.2) is 17.7 Å². The molecule has 2 heterocycles. The Morgan fingerprint density at radius 2 is 2.00 bits per heavy atom. The van der Waals surface area contributed by atoms with Crippen LogP contribution >= 0.6 is 0 Å². The summed E-state index contributed by atoms with van der Waals surface area (Å²) in [6.07, 6.45) is -0.684. The fraction of sp³-hybridized carbons (Fsp3) is 0.316. The van der Waals surface area contributed by atoms with Crippen molar-refractivity contribution < 1.29 is 19.1 Å². The first-order chi connectivity index (χ1) is 12.9.